The van der Waals surface area contributed by atoms with Gasteiger partial charge >= 0.3 is 0 Å². The molecule has 0 fully saturated rings. The van der Waals surface area contributed by atoms with Gasteiger partial charge in [0.15, 0.2) is 5.82 Å². The van der Waals surface area contributed by atoms with Gasteiger partial charge in [0.05, 0.1) is 5.69 Å². The van der Waals surface area contributed by atoms with E-state index in [-0.39, 0.29) is 0 Å². The van der Waals surface area contributed by atoms with Crippen LogP contribution in [0.15, 0.2) is 18.3 Å². The van der Waals surface area contributed by atoms with Crippen molar-refractivity contribution in [3.8, 4) is 5.82 Å². The molecule has 2 rings (SSSR count). The highest BCUT2D eigenvalue weighted by Gasteiger charge is 2.11. The second kappa shape index (κ2) is 4.86. The Bertz CT molecular complexity index is 584. The molecule has 0 bridgehead atoms. The second-order valence-electron chi connectivity index (χ2n) is 4.18. The van der Waals surface area contributed by atoms with E-state index < -0.39 is 0 Å². The van der Waals surface area contributed by atoms with Crippen molar-refractivity contribution < 1.29 is 0 Å². The first-order chi connectivity index (χ1) is 8.54. The fourth-order valence-corrected chi connectivity index (χ4v) is 2.19. The molecule has 94 valence electrons. The Hall–Kier alpha value is -1.75. The van der Waals surface area contributed by atoms with E-state index in [9.17, 15) is 0 Å². The van der Waals surface area contributed by atoms with E-state index >= 15 is 0 Å². The molecule has 2 aromatic heterocycles. The summed E-state index contributed by atoms with van der Waals surface area (Å²) in [6.07, 6.45) is 2.66. The molecule has 2 aromatic rings. The summed E-state index contributed by atoms with van der Waals surface area (Å²) in [7, 11) is 0. The number of aryl methyl sites for hydroxylation is 1. The highest BCUT2D eigenvalue weighted by molar-refractivity contribution is 7.80. The normalized spacial score (nSPS) is 10.6. The zero-order valence-electron chi connectivity index (χ0n) is 10.8. The van der Waals surface area contributed by atoms with Gasteiger partial charge in [-0.1, -0.05) is 19.1 Å². The van der Waals surface area contributed by atoms with Gasteiger partial charge in [-0.2, -0.15) is 5.10 Å². The molecule has 2 heterocycles. The van der Waals surface area contributed by atoms with Gasteiger partial charge in [0.1, 0.15) is 4.99 Å². The predicted octanol–water partition coefficient (Wildman–Crippen LogP) is 2.08. The van der Waals surface area contributed by atoms with Crippen LogP contribution >= 0.6 is 12.2 Å². The number of hydrogen-bond acceptors (Lipinski definition) is 3. The highest BCUT2D eigenvalue weighted by atomic mass is 32.1. The quantitative estimate of drug-likeness (QED) is 0.858. The predicted molar refractivity (Wildman–Crippen MR) is 76.1 cm³/mol. The molecule has 4 nitrogen and oxygen atoms in total. The molecule has 2 N–H and O–H groups in total. The second-order valence-corrected chi connectivity index (χ2v) is 4.62. The van der Waals surface area contributed by atoms with Crippen LogP contribution < -0.4 is 5.73 Å². The fourth-order valence-electron chi connectivity index (χ4n) is 2.07. The molecule has 0 aliphatic carbocycles. The van der Waals surface area contributed by atoms with Crippen molar-refractivity contribution >= 4 is 17.2 Å². The van der Waals surface area contributed by atoms with E-state index in [1.807, 2.05) is 23.7 Å². The van der Waals surface area contributed by atoms with E-state index in [0.29, 0.717) is 4.99 Å². The standard InChI is InChI=1S/C13H16N4S/c1-4-11-8(2)16-17(9(11)3)12-6-5-10(7-15-12)13(14)18/h5-7H,4H2,1-3H3,(H2,14,18). The number of nitrogens with zero attached hydrogens (tertiary/aromatic N) is 3. The van der Waals surface area contributed by atoms with Gasteiger partial charge in [-0.3, -0.25) is 0 Å². The summed E-state index contributed by atoms with van der Waals surface area (Å²) >= 11 is 4.91. The van der Waals surface area contributed by atoms with E-state index in [1.165, 1.54) is 5.56 Å². The van der Waals surface area contributed by atoms with Crippen molar-refractivity contribution in [1.82, 2.24) is 14.8 Å². The minimum atomic E-state index is 0.358. The SMILES string of the molecule is CCc1c(C)nn(-c2ccc(C(N)=S)cn2)c1C. The average Bonchev–Trinajstić information content (AvgIpc) is 2.64. The number of nitrogens with two attached hydrogens (primary N) is 1. The Morgan fingerprint density at radius 3 is 2.56 bits per heavy atom. The monoisotopic (exact) mass is 260 g/mol. The fraction of sp³-hybridized carbons (Fsp3) is 0.308. The van der Waals surface area contributed by atoms with Gasteiger partial charge < -0.3 is 5.73 Å². The molecular weight excluding hydrogens is 244 g/mol. The first-order valence-corrected chi connectivity index (χ1v) is 6.26. The maximum atomic E-state index is 5.55. The summed E-state index contributed by atoms with van der Waals surface area (Å²) in [6, 6.07) is 3.75. The average molecular weight is 260 g/mol. The molecule has 0 saturated heterocycles. The van der Waals surface area contributed by atoms with Gasteiger partial charge in [0, 0.05) is 17.5 Å². The van der Waals surface area contributed by atoms with E-state index in [1.54, 1.807) is 6.20 Å². The molecule has 0 radical (unpaired) electrons. The van der Waals surface area contributed by atoms with E-state index in [2.05, 4.69) is 23.9 Å². The summed E-state index contributed by atoms with van der Waals surface area (Å²) in [5, 5.41) is 4.52. The van der Waals surface area contributed by atoms with Crippen LogP contribution in [-0.4, -0.2) is 19.8 Å². The summed E-state index contributed by atoms with van der Waals surface area (Å²) in [5.74, 6) is 0.787. The number of hydrogen-bond donors (Lipinski definition) is 1. The van der Waals surface area contributed by atoms with Crippen molar-refractivity contribution in [3.63, 3.8) is 0 Å². The topological polar surface area (TPSA) is 56.7 Å². The van der Waals surface area contributed by atoms with Gasteiger partial charge in [-0.05, 0) is 38.0 Å². The molecule has 0 unspecified atom stereocenters. The zero-order chi connectivity index (χ0) is 13.3. The Balaban J connectivity index is 2.46. The number of aromatic nitrogens is 3. The van der Waals surface area contributed by atoms with Crippen LogP contribution in [0, 0.1) is 13.8 Å². The number of rotatable bonds is 3. The molecule has 18 heavy (non-hydrogen) atoms. The molecule has 0 aliphatic heterocycles. The Morgan fingerprint density at radius 1 is 1.39 bits per heavy atom. The first kappa shape index (κ1) is 12.7. The van der Waals surface area contributed by atoms with Gasteiger partial charge in [-0.15, -0.1) is 0 Å². The lowest BCUT2D eigenvalue weighted by Crippen LogP contribution is -2.10. The lowest BCUT2D eigenvalue weighted by Gasteiger charge is -2.05. The van der Waals surface area contributed by atoms with Gasteiger partial charge in [0.25, 0.3) is 0 Å². The molecular formula is C13H16N4S. The lowest BCUT2D eigenvalue weighted by atomic mass is 10.1. The van der Waals surface area contributed by atoms with Crippen LogP contribution in [0.4, 0.5) is 0 Å². The molecule has 0 saturated carbocycles. The zero-order valence-corrected chi connectivity index (χ0v) is 11.6. The first-order valence-electron chi connectivity index (χ1n) is 5.86. The van der Waals surface area contributed by atoms with Crippen molar-refractivity contribution in [1.29, 1.82) is 0 Å². The molecule has 0 spiro atoms. The van der Waals surface area contributed by atoms with Crippen LogP contribution in [-0.2, 0) is 6.42 Å². The van der Waals surface area contributed by atoms with Crippen LogP contribution in [0.3, 0.4) is 0 Å². The third-order valence-electron chi connectivity index (χ3n) is 3.04. The summed E-state index contributed by atoms with van der Waals surface area (Å²) in [4.78, 5) is 4.71. The highest BCUT2D eigenvalue weighted by Crippen LogP contribution is 2.17. The minimum absolute atomic E-state index is 0.358. The molecule has 0 amide bonds. The van der Waals surface area contributed by atoms with E-state index in [4.69, 9.17) is 18.0 Å². The Kier molecular flexibility index (Phi) is 3.43. The van der Waals surface area contributed by atoms with Gasteiger partial charge in [0.2, 0.25) is 0 Å². The van der Waals surface area contributed by atoms with Crippen molar-refractivity contribution in [3.05, 3.63) is 40.8 Å². The van der Waals surface area contributed by atoms with Crippen LogP contribution in [0.2, 0.25) is 0 Å². The maximum Gasteiger partial charge on any atom is 0.153 e. The minimum Gasteiger partial charge on any atom is -0.389 e. The molecule has 0 atom stereocenters. The van der Waals surface area contributed by atoms with Crippen molar-refractivity contribution in [2.45, 2.75) is 27.2 Å². The third-order valence-corrected chi connectivity index (χ3v) is 3.28. The van der Waals surface area contributed by atoms with Crippen molar-refractivity contribution in [2.24, 2.45) is 5.73 Å². The molecule has 0 aromatic carbocycles. The summed E-state index contributed by atoms with van der Waals surface area (Å²) < 4.78 is 1.86. The number of pyridine rings is 1. The largest absolute Gasteiger partial charge is 0.389 e. The Labute approximate surface area is 112 Å². The van der Waals surface area contributed by atoms with Gasteiger partial charge in [-0.25, -0.2) is 9.67 Å². The Morgan fingerprint density at radius 2 is 2.11 bits per heavy atom. The van der Waals surface area contributed by atoms with Crippen LogP contribution in [0.25, 0.3) is 5.82 Å². The van der Waals surface area contributed by atoms with Crippen LogP contribution in [0.1, 0.15) is 29.4 Å². The molecule has 0 aliphatic rings. The molecule has 5 heteroatoms. The van der Waals surface area contributed by atoms with E-state index in [0.717, 1.165) is 29.2 Å². The smallest absolute Gasteiger partial charge is 0.153 e. The lowest BCUT2D eigenvalue weighted by molar-refractivity contribution is 0.805. The summed E-state index contributed by atoms with van der Waals surface area (Å²) in [5.41, 5.74) is 9.78. The van der Waals surface area contributed by atoms with Crippen LogP contribution in [0.5, 0.6) is 0 Å². The number of thiocarbonyl (C=S) groups is 1. The maximum absolute atomic E-state index is 5.55. The van der Waals surface area contributed by atoms with Crippen molar-refractivity contribution in [2.75, 3.05) is 0 Å². The summed E-state index contributed by atoms with van der Waals surface area (Å²) in [6.45, 7) is 6.21. The third kappa shape index (κ3) is 2.13.